The highest BCUT2D eigenvalue weighted by atomic mass is 16.5. The van der Waals surface area contributed by atoms with E-state index in [1.165, 1.54) is 0 Å². The van der Waals surface area contributed by atoms with E-state index in [1.54, 1.807) is 20.8 Å². The van der Waals surface area contributed by atoms with Crippen molar-refractivity contribution < 1.29 is 19.1 Å². The van der Waals surface area contributed by atoms with Crippen molar-refractivity contribution in [3.05, 3.63) is 24.8 Å². The molecule has 0 unspecified atom stereocenters. The van der Waals surface area contributed by atoms with Crippen molar-refractivity contribution in [2.45, 2.75) is 28.2 Å². The topological polar surface area (TPSA) is 52.6 Å². The normalized spacial score (nSPS) is 7.44. The monoisotopic (exact) mass is 230 g/mol. The smallest absolute Gasteiger partial charge is 0.333 e. The maximum absolute atomic E-state index is 10.4. The van der Waals surface area contributed by atoms with Crippen molar-refractivity contribution in [3.8, 4) is 0 Å². The third-order valence-corrected chi connectivity index (χ3v) is 1.08. The summed E-state index contributed by atoms with van der Waals surface area (Å²) in [6, 6.07) is 0. The van der Waals surface area contributed by atoms with E-state index in [9.17, 15) is 9.59 Å². The van der Waals surface area contributed by atoms with Gasteiger partial charge in [0.1, 0.15) is 0 Å². The van der Waals surface area contributed by atoms with Crippen LogP contribution in [0.1, 0.15) is 28.2 Å². The SMILES string of the molecule is C.C=C(C)C(=O)OCC.C=CC(=O)OCC. The van der Waals surface area contributed by atoms with E-state index in [0.717, 1.165) is 6.08 Å². The fourth-order valence-electron chi connectivity index (χ4n) is 0.455. The first-order chi connectivity index (χ1) is 6.99. The van der Waals surface area contributed by atoms with E-state index in [2.05, 4.69) is 22.6 Å². The van der Waals surface area contributed by atoms with Gasteiger partial charge in [0.25, 0.3) is 0 Å². The molecule has 94 valence electrons. The molecule has 0 N–H and O–H groups in total. The molecule has 0 aromatic rings. The average Bonchev–Trinajstić information content (AvgIpc) is 2.19. The third kappa shape index (κ3) is 14.9. The Morgan fingerprint density at radius 1 is 1.19 bits per heavy atom. The summed E-state index contributed by atoms with van der Waals surface area (Å²) in [7, 11) is 0. The molecule has 4 heteroatoms. The van der Waals surface area contributed by atoms with E-state index in [-0.39, 0.29) is 19.4 Å². The lowest BCUT2D eigenvalue weighted by molar-refractivity contribution is -0.138. The summed E-state index contributed by atoms with van der Waals surface area (Å²) < 4.78 is 9.00. The van der Waals surface area contributed by atoms with Crippen molar-refractivity contribution in [2.75, 3.05) is 13.2 Å². The van der Waals surface area contributed by atoms with Crippen LogP contribution >= 0.6 is 0 Å². The molecule has 0 aliphatic heterocycles. The van der Waals surface area contributed by atoms with Crippen LogP contribution in [0, 0.1) is 0 Å². The summed E-state index contributed by atoms with van der Waals surface area (Å²) in [5.74, 6) is -0.671. The fraction of sp³-hybridized carbons (Fsp3) is 0.500. The van der Waals surface area contributed by atoms with Crippen molar-refractivity contribution in [2.24, 2.45) is 0 Å². The minimum atomic E-state index is -0.359. The Bertz CT molecular complexity index is 231. The Morgan fingerprint density at radius 3 is 1.75 bits per heavy atom. The number of rotatable bonds is 4. The lowest BCUT2D eigenvalue weighted by Gasteiger charge is -1.96. The standard InChI is InChI=1S/C6H10O2.C5H8O2.CH4/c1-4-8-6(7)5(2)3;1-3-5(6)7-4-2;/h2,4H2,1,3H3;3H,1,4H2,2H3;1H4. The summed E-state index contributed by atoms with van der Waals surface area (Å²) in [5, 5.41) is 0. The van der Waals surface area contributed by atoms with Gasteiger partial charge in [0.05, 0.1) is 13.2 Å². The number of carbonyl (C=O) groups excluding carboxylic acids is 2. The predicted octanol–water partition coefficient (Wildman–Crippen LogP) is 2.50. The second-order valence-corrected chi connectivity index (χ2v) is 2.46. The molecule has 0 rings (SSSR count). The molecule has 16 heavy (non-hydrogen) atoms. The molecule has 0 aliphatic rings. The zero-order valence-corrected chi connectivity index (χ0v) is 9.54. The first kappa shape index (κ1) is 19.9. The summed E-state index contributed by atoms with van der Waals surface area (Å²) in [5.41, 5.74) is 0.451. The Morgan fingerprint density at radius 2 is 1.62 bits per heavy atom. The van der Waals surface area contributed by atoms with Crippen LogP contribution in [0.4, 0.5) is 0 Å². The number of ether oxygens (including phenoxy) is 2. The third-order valence-electron chi connectivity index (χ3n) is 1.08. The molecule has 0 saturated heterocycles. The molecule has 0 aliphatic carbocycles. The zero-order valence-electron chi connectivity index (χ0n) is 9.54. The van der Waals surface area contributed by atoms with Gasteiger partial charge >= 0.3 is 11.9 Å². The molecule has 4 nitrogen and oxygen atoms in total. The van der Waals surface area contributed by atoms with E-state index in [1.807, 2.05) is 0 Å². The predicted molar refractivity (Wildman–Crippen MR) is 65.0 cm³/mol. The first-order valence-corrected chi connectivity index (χ1v) is 4.61. The van der Waals surface area contributed by atoms with Gasteiger partial charge in [-0.3, -0.25) is 0 Å². The van der Waals surface area contributed by atoms with Gasteiger partial charge in [-0.25, -0.2) is 9.59 Å². The molecule has 0 aromatic carbocycles. The van der Waals surface area contributed by atoms with Gasteiger partial charge in [0.2, 0.25) is 0 Å². The van der Waals surface area contributed by atoms with Crippen LogP contribution in [0.2, 0.25) is 0 Å². The molecule has 0 fully saturated rings. The van der Waals surface area contributed by atoms with Crippen molar-refractivity contribution in [1.29, 1.82) is 0 Å². The molecule has 0 saturated carbocycles. The molecule has 0 spiro atoms. The Balaban J connectivity index is -0.000000200. The highest BCUT2D eigenvalue weighted by Crippen LogP contribution is 1.89. The van der Waals surface area contributed by atoms with Crippen LogP contribution in [-0.4, -0.2) is 25.2 Å². The Hall–Kier alpha value is -1.58. The van der Waals surface area contributed by atoms with Crippen LogP contribution in [0.15, 0.2) is 24.8 Å². The van der Waals surface area contributed by atoms with Crippen molar-refractivity contribution in [1.82, 2.24) is 0 Å². The summed E-state index contributed by atoms with van der Waals surface area (Å²) in [4.78, 5) is 20.5. The molecular formula is C12H22O4. The largest absolute Gasteiger partial charge is 0.463 e. The van der Waals surface area contributed by atoms with E-state index < -0.39 is 0 Å². The maximum Gasteiger partial charge on any atom is 0.333 e. The number of hydrogen-bond donors (Lipinski definition) is 0. The van der Waals surface area contributed by atoms with Crippen LogP contribution in [0.5, 0.6) is 0 Å². The molecular weight excluding hydrogens is 208 g/mol. The van der Waals surface area contributed by atoms with E-state index in [4.69, 9.17) is 0 Å². The van der Waals surface area contributed by atoms with Crippen LogP contribution in [0.3, 0.4) is 0 Å². The van der Waals surface area contributed by atoms with Gasteiger partial charge in [-0.05, 0) is 20.8 Å². The van der Waals surface area contributed by atoms with Crippen LogP contribution in [-0.2, 0) is 19.1 Å². The second-order valence-electron chi connectivity index (χ2n) is 2.46. The zero-order chi connectivity index (χ0) is 12.3. The lowest BCUT2D eigenvalue weighted by Crippen LogP contribution is -2.03. The highest BCUT2D eigenvalue weighted by Gasteiger charge is 1.98. The van der Waals surface area contributed by atoms with E-state index >= 15 is 0 Å². The number of esters is 2. The fourth-order valence-corrected chi connectivity index (χ4v) is 0.455. The van der Waals surface area contributed by atoms with Crippen LogP contribution in [0.25, 0.3) is 0 Å². The molecule has 0 bridgehead atoms. The summed E-state index contributed by atoms with van der Waals surface area (Å²) in [6.45, 7) is 12.6. The second kappa shape index (κ2) is 13.4. The first-order valence-electron chi connectivity index (χ1n) is 4.61. The van der Waals surface area contributed by atoms with Gasteiger partial charge in [-0.2, -0.15) is 0 Å². The van der Waals surface area contributed by atoms with Crippen molar-refractivity contribution >= 4 is 11.9 Å². The summed E-state index contributed by atoms with van der Waals surface area (Å²) >= 11 is 0. The molecule has 0 aromatic heterocycles. The minimum Gasteiger partial charge on any atom is -0.463 e. The maximum atomic E-state index is 10.4. The number of carbonyl (C=O) groups is 2. The Labute approximate surface area is 97.9 Å². The van der Waals surface area contributed by atoms with E-state index in [0.29, 0.717) is 18.8 Å². The summed E-state index contributed by atoms with van der Waals surface area (Å²) in [6.07, 6.45) is 1.14. The molecule has 0 atom stereocenters. The van der Waals surface area contributed by atoms with Gasteiger partial charge in [-0.1, -0.05) is 20.6 Å². The highest BCUT2D eigenvalue weighted by molar-refractivity contribution is 5.86. The van der Waals surface area contributed by atoms with Gasteiger partial charge < -0.3 is 9.47 Å². The van der Waals surface area contributed by atoms with Crippen LogP contribution < -0.4 is 0 Å². The van der Waals surface area contributed by atoms with Gasteiger partial charge in [-0.15, -0.1) is 0 Å². The molecule has 0 heterocycles. The minimum absolute atomic E-state index is 0. The van der Waals surface area contributed by atoms with Crippen molar-refractivity contribution in [3.63, 3.8) is 0 Å². The number of hydrogen-bond acceptors (Lipinski definition) is 4. The lowest BCUT2D eigenvalue weighted by atomic mass is 10.4. The molecule has 0 amide bonds. The van der Waals surface area contributed by atoms with Gasteiger partial charge in [0.15, 0.2) is 0 Å². The molecule has 0 radical (unpaired) electrons. The quantitative estimate of drug-likeness (QED) is 0.550. The average molecular weight is 230 g/mol. The Kier molecular flexibility index (Phi) is 16.7. The van der Waals surface area contributed by atoms with Gasteiger partial charge in [0, 0.05) is 11.6 Å².